The Kier molecular flexibility index (Phi) is 4.02. The molecule has 0 amide bonds. The van der Waals surface area contributed by atoms with Crippen LogP contribution in [0, 0.1) is 11.8 Å². The van der Waals surface area contributed by atoms with Gasteiger partial charge in [-0.2, -0.15) is 4.57 Å². The van der Waals surface area contributed by atoms with Crippen LogP contribution in [-0.2, 0) is 7.05 Å². The molecule has 0 N–H and O–H groups in total. The van der Waals surface area contributed by atoms with Crippen LogP contribution in [0.5, 0.6) is 0 Å². The second-order valence-corrected chi connectivity index (χ2v) is 3.40. The molecule has 0 aliphatic heterocycles. The molecule has 3 nitrogen and oxygen atoms in total. The Morgan fingerprint density at radius 3 is 2.93 bits per heavy atom. The van der Waals surface area contributed by atoms with Crippen LogP contribution in [-0.4, -0.2) is 19.1 Å². The topological polar surface area (TPSA) is 28.6 Å². The average Bonchev–Trinajstić information content (AvgIpc) is 2.59. The van der Waals surface area contributed by atoms with Crippen LogP contribution in [0.2, 0.25) is 0 Å². The average molecular weight is 206 g/mol. The number of nitrogens with zero attached hydrogens (tertiary/aromatic N) is 3. The van der Waals surface area contributed by atoms with E-state index >= 15 is 0 Å². The Bertz CT molecular complexity index is 418. The Labute approximate surface area is 87.8 Å². The molecule has 72 valence electrons. The second-order valence-electron chi connectivity index (χ2n) is 2.50. The third kappa shape index (κ3) is 2.79. The number of amidine groups is 1. The molecule has 0 unspecified atom stereocenters. The number of aromatic nitrogens is 1. The predicted molar refractivity (Wildman–Crippen MR) is 59.9 cm³/mol. The van der Waals surface area contributed by atoms with E-state index in [1.54, 1.807) is 24.6 Å². The van der Waals surface area contributed by atoms with Gasteiger partial charge in [0, 0.05) is 19.2 Å². The smallest absolute Gasteiger partial charge is 0.262 e. The van der Waals surface area contributed by atoms with Gasteiger partial charge in [-0.15, -0.1) is 0 Å². The standard InChI is InChI=1S/C10H12N3S/c1-4-12-9(11-2)5-6-10-13(3)7-8-14-10/h4,7-8H,1-3H3/q+1. The minimum absolute atomic E-state index is 0.556. The highest BCUT2D eigenvalue weighted by Gasteiger charge is 2.02. The fourth-order valence-corrected chi connectivity index (χ4v) is 1.54. The van der Waals surface area contributed by atoms with Crippen LogP contribution in [0.1, 0.15) is 11.9 Å². The molecular formula is C10H12N3S+. The van der Waals surface area contributed by atoms with Crippen molar-refractivity contribution >= 4 is 23.4 Å². The summed E-state index contributed by atoms with van der Waals surface area (Å²) in [5.74, 6) is 6.48. The molecule has 0 fully saturated rings. The first-order valence-corrected chi connectivity index (χ1v) is 5.06. The van der Waals surface area contributed by atoms with E-state index in [1.165, 1.54) is 0 Å². The Morgan fingerprint density at radius 1 is 1.64 bits per heavy atom. The highest BCUT2D eigenvalue weighted by molar-refractivity contribution is 7.09. The highest BCUT2D eigenvalue weighted by Crippen LogP contribution is 1.98. The second kappa shape index (κ2) is 5.30. The molecule has 1 aromatic heterocycles. The number of aliphatic imine (C=N–C) groups is 2. The summed E-state index contributed by atoms with van der Waals surface area (Å²) in [7, 11) is 3.65. The quantitative estimate of drug-likeness (QED) is 0.263. The van der Waals surface area contributed by atoms with Crippen molar-refractivity contribution in [3.05, 3.63) is 16.6 Å². The Hall–Kier alpha value is -1.47. The lowest BCUT2D eigenvalue weighted by Gasteiger charge is -1.83. The lowest BCUT2D eigenvalue weighted by molar-refractivity contribution is -0.668. The summed E-state index contributed by atoms with van der Waals surface area (Å²) in [6.07, 6.45) is 3.66. The van der Waals surface area contributed by atoms with Crippen molar-refractivity contribution in [1.29, 1.82) is 0 Å². The fourth-order valence-electron chi connectivity index (χ4n) is 0.832. The maximum absolute atomic E-state index is 4.02. The third-order valence-corrected chi connectivity index (χ3v) is 2.40. The van der Waals surface area contributed by atoms with Crippen molar-refractivity contribution < 1.29 is 4.57 Å². The molecule has 0 radical (unpaired) electrons. The Balaban J connectivity index is 2.87. The third-order valence-electron chi connectivity index (χ3n) is 1.53. The number of aryl methyl sites for hydroxylation is 1. The number of rotatable bonds is 0. The summed E-state index contributed by atoms with van der Waals surface area (Å²) in [6.45, 7) is 1.85. The maximum Gasteiger partial charge on any atom is 0.314 e. The van der Waals surface area contributed by atoms with Gasteiger partial charge in [0.25, 0.3) is 0 Å². The van der Waals surface area contributed by atoms with Crippen LogP contribution in [0.15, 0.2) is 21.6 Å². The maximum atomic E-state index is 4.02. The van der Waals surface area contributed by atoms with E-state index in [9.17, 15) is 0 Å². The molecule has 0 spiro atoms. The van der Waals surface area contributed by atoms with Gasteiger partial charge in [-0.25, -0.2) is 4.99 Å². The van der Waals surface area contributed by atoms with Gasteiger partial charge in [0.1, 0.15) is 7.05 Å². The molecule has 14 heavy (non-hydrogen) atoms. The van der Waals surface area contributed by atoms with Crippen molar-refractivity contribution in [2.45, 2.75) is 6.92 Å². The summed E-state index contributed by atoms with van der Waals surface area (Å²) >= 11 is 1.60. The summed E-state index contributed by atoms with van der Waals surface area (Å²) in [5, 5.41) is 2.99. The van der Waals surface area contributed by atoms with E-state index in [2.05, 4.69) is 21.8 Å². The summed E-state index contributed by atoms with van der Waals surface area (Å²) in [6, 6.07) is 0. The summed E-state index contributed by atoms with van der Waals surface area (Å²) < 4.78 is 1.97. The molecule has 1 aromatic rings. The van der Waals surface area contributed by atoms with Gasteiger partial charge in [-0.05, 0) is 12.8 Å². The van der Waals surface area contributed by atoms with E-state index in [4.69, 9.17) is 0 Å². The fraction of sp³-hybridized carbons (Fsp3) is 0.300. The molecule has 1 rings (SSSR count). The number of hydrogen-bond acceptors (Lipinski definition) is 2. The molecule has 1 heterocycles. The van der Waals surface area contributed by atoms with Gasteiger partial charge in [-0.3, -0.25) is 4.99 Å². The molecule has 0 bridgehead atoms. The van der Waals surface area contributed by atoms with Gasteiger partial charge < -0.3 is 0 Å². The lowest BCUT2D eigenvalue weighted by atomic mass is 10.5. The van der Waals surface area contributed by atoms with Gasteiger partial charge in [0.05, 0.1) is 5.38 Å². The van der Waals surface area contributed by atoms with Gasteiger partial charge in [0.2, 0.25) is 0 Å². The number of hydrogen-bond donors (Lipinski definition) is 0. The molecule has 0 aliphatic carbocycles. The van der Waals surface area contributed by atoms with Crippen molar-refractivity contribution in [2.75, 3.05) is 7.05 Å². The molecular weight excluding hydrogens is 194 g/mol. The van der Waals surface area contributed by atoms with Gasteiger partial charge >= 0.3 is 5.01 Å². The molecule has 0 atom stereocenters. The van der Waals surface area contributed by atoms with Gasteiger partial charge in [-0.1, -0.05) is 11.3 Å². The molecule has 0 saturated heterocycles. The molecule has 4 heteroatoms. The minimum Gasteiger partial charge on any atom is -0.262 e. The lowest BCUT2D eigenvalue weighted by Crippen LogP contribution is -2.27. The van der Waals surface area contributed by atoms with Crippen molar-refractivity contribution in [3.8, 4) is 11.8 Å². The van der Waals surface area contributed by atoms with E-state index in [1.807, 2.05) is 30.1 Å². The predicted octanol–water partition coefficient (Wildman–Crippen LogP) is 1.04. The number of thiazole rings is 1. The summed E-state index contributed by atoms with van der Waals surface area (Å²) in [5.41, 5.74) is 0. The van der Waals surface area contributed by atoms with Crippen LogP contribution in [0.25, 0.3) is 0 Å². The molecule has 0 aromatic carbocycles. The first kappa shape index (κ1) is 10.6. The van der Waals surface area contributed by atoms with Crippen molar-refractivity contribution in [3.63, 3.8) is 0 Å². The monoisotopic (exact) mass is 206 g/mol. The van der Waals surface area contributed by atoms with Gasteiger partial charge in [0.15, 0.2) is 12.0 Å². The highest BCUT2D eigenvalue weighted by atomic mass is 32.1. The van der Waals surface area contributed by atoms with Crippen LogP contribution < -0.4 is 4.57 Å². The normalized spacial score (nSPS) is 11.5. The van der Waals surface area contributed by atoms with Crippen LogP contribution >= 0.6 is 11.3 Å². The zero-order chi connectivity index (χ0) is 10.4. The van der Waals surface area contributed by atoms with Crippen LogP contribution in [0.3, 0.4) is 0 Å². The Morgan fingerprint density at radius 2 is 2.43 bits per heavy atom. The molecule has 0 aliphatic rings. The zero-order valence-corrected chi connectivity index (χ0v) is 9.30. The van der Waals surface area contributed by atoms with E-state index in [0.29, 0.717) is 5.84 Å². The SMILES string of the molecule is CC=NC(C#Cc1scc[n+]1C)=NC. The van der Waals surface area contributed by atoms with Crippen molar-refractivity contribution in [1.82, 2.24) is 0 Å². The molecule has 0 saturated carbocycles. The van der Waals surface area contributed by atoms with Crippen molar-refractivity contribution in [2.24, 2.45) is 17.0 Å². The summed E-state index contributed by atoms with van der Waals surface area (Å²) in [4.78, 5) is 7.97. The van der Waals surface area contributed by atoms with E-state index in [-0.39, 0.29) is 0 Å². The minimum atomic E-state index is 0.556. The zero-order valence-electron chi connectivity index (χ0n) is 8.48. The van der Waals surface area contributed by atoms with Crippen LogP contribution in [0.4, 0.5) is 0 Å². The largest absolute Gasteiger partial charge is 0.314 e. The van der Waals surface area contributed by atoms with E-state index < -0.39 is 0 Å². The first-order valence-electron chi connectivity index (χ1n) is 4.18. The van der Waals surface area contributed by atoms with E-state index in [0.717, 1.165) is 5.01 Å². The first-order chi connectivity index (χ1) is 6.77.